The minimum Gasteiger partial charge on any atom is -0.505 e. The molecule has 124 valence electrons. The molecule has 4 N–H and O–H groups in total. The van der Waals surface area contributed by atoms with Gasteiger partial charge < -0.3 is 15.1 Å². The fourth-order valence-electron chi connectivity index (χ4n) is 2.06. The Bertz CT molecular complexity index is 1170. The van der Waals surface area contributed by atoms with Crippen LogP contribution in [0.5, 0.6) is 5.75 Å². The summed E-state index contributed by atoms with van der Waals surface area (Å²) in [5, 5.41) is 9.28. The molecule has 0 amide bonds. The van der Waals surface area contributed by atoms with Crippen LogP contribution < -0.4 is 15.8 Å². The van der Waals surface area contributed by atoms with Gasteiger partial charge in [-0.2, -0.15) is 0 Å². The van der Waals surface area contributed by atoms with Gasteiger partial charge in [-0.05, 0) is 30.3 Å². The average molecular weight is 351 g/mol. The third-order valence-electron chi connectivity index (χ3n) is 3.23. The molecule has 3 rings (SSSR count). The number of hydrogen-bond donors (Lipinski definition) is 4. The number of hydrogen-bond acceptors (Lipinski definition) is 5. The summed E-state index contributed by atoms with van der Waals surface area (Å²) in [6.07, 6.45) is 0. The van der Waals surface area contributed by atoms with E-state index >= 15 is 0 Å². The van der Waals surface area contributed by atoms with E-state index in [1.54, 1.807) is 0 Å². The lowest BCUT2D eigenvalue weighted by Crippen LogP contribution is -2.29. The van der Waals surface area contributed by atoms with E-state index in [2.05, 4.69) is 9.97 Å². The van der Waals surface area contributed by atoms with Gasteiger partial charge in [-0.15, -0.1) is 0 Å². The number of fused-ring (bicyclic) bond motifs is 1. The molecule has 2 aromatic carbocycles. The molecular formula is C14H10FN3O5S. The van der Waals surface area contributed by atoms with Crippen LogP contribution in [0.15, 0.2) is 50.9 Å². The second-order valence-corrected chi connectivity index (χ2v) is 6.54. The smallest absolute Gasteiger partial charge is 0.314 e. The molecule has 0 unspecified atom stereocenters. The van der Waals surface area contributed by atoms with Crippen LogP contribution in [0.4, 0.5) is 10.1 Å². The molecule has 0 aliphatic carbocycles. The Morgan fingerprint density at radius 1 is 1.00 bits per heavy atom. The van der Waals surface area contributed by atoms with E-state index in [9.17, 15) is 27.5 Å². The number of halogens is 1. The van der Waals surface area contributed by atoms with E-state index < -0.39 is 38.4 Å². The molecule has 10 heteroatoms. The maximum atomic E-state index is 13.7. The Labute approximate surface area is 133 Å². The molecule has 24 heavy (non-hydrogen) atoms. The standard InChI is InChI=1S/C14H10FN3O5S/c15-12-9(2-1-3-11(12)19)18-24(22,23)7-4-5-8-10(6-7)17-14(21)13(20)16-8/h1-6,18-19H,(H,16,20)(H,17,21). The van der Waals surface area contributed by atoms with Crippen LogP contribution in [0.2, 0.25) is 0 Å². The van der Waals surface area contributed by atoms with Gasteiger partial charge in [0.1, 0.15) is 0 Å². The minimum atomic E-state index is -4.18. The molecule has 0 radical (unpaired) electrons. The van der Waals surface area contributed by atoms with Crippen LogP contribution in [-0.4, -0.2) is 23.5 Å². The van der Waals surface area contributed by atoms with E-state index in [0.717, 1.165) is 18.2 Å². The minimum absolute atomic E-state index is 0.0962. The summed E-state index contributed by atoms with van der Waals surface area (Å²) < 4.78 is 40.4. The zero-order chi connectivity index (χ0) is 17.5. The van der Waals surface area contributed by atoms with Gasteiger partial charge in [-0.25, -0.2) is 12.8 Å². The number of H-pyrrole nitrogens is 2. The normalized spacial score (nSPS) is 11.5. The number of nitrogens with one attached hydrogen (secondary N) is 3. The SMILES string of the molecule is O=c1[nH]c2ccc(S(=O)(=O)Nc3cccc(O)c3F)cc2[nH]c1=O. The Morgan fingerprint density at radius 2 is 1.67 bits per heavy atom. The second kappa shape index (κ2) is 5.49. The summed E-state index contributed by atoms with van der Waals surface area (Å²) in [6, 6.07) is 7.09. The van der Waals surface area contributed by atoms with E-state index in [0.29, 0.717) is 0 Å². The van der Waals surface area contributed by atoms with E-state index in [1.807, 2.05) is 4.72 Å². The van der Waals surface area contributed by atoms with Crippen LogP contribution in [0.3, 0.4) is 0 Å². The van der Waals surface area contributed by atoms with Crippen LogP contribution >= 0.6 is 0 Å². The molecule has 0 aliphatic heterocycles. The van der Waals surface area contributed by atoms with Crippen molar-refractivity contribution in [3.05, 3.63) is 62.9 Å². The number of phenolic OH excluding ortho intramolecular Hbond substituents is 1. The van der Waals surface area contributed by atoms with Crippen molar-refractivity contribution in [2.24, 2.45) is 0 Å². The third-order valence-corrected chi connectivity index (χ3v) is 4.59. The summed E-state index contributed by atoms with van der Waals surface area (Å²) in [5.74, 6) is -1.81. The number of aromatic amines is 2. The summed E-state index contributed by atoms with van der Waals surface area (Å²) in [4.78, 5) is 26.8. The third kappa shape index (κ3) is 2.74. The van der Waals surface area contributed by atoms with Gasteiger partial charge in [0.05, 0.1) is 21.6 Å². The van der Waals surface area contributed by atoms with Crippen molar-refractivity contribution in [1.29, 1.82) is 0 Å². The Morgan fingerprint density at radius 3 is 2.38 bits per heavy atom. The molecule has 0 saturated heterocycles. The first-order chi connectivity index (χ1) is 11.3. The van der Waals surface area contributed by atoms with Crippen molar-refractivity contribution in [2.75, 3.05) is 4.72 Å². The molecule has 0 aliphatic rings. The Balaban J connectivity index is 2.08. The molecule has 1 heterocycles. The fourth-order valence-corrected chi connectivity index (χ4v) is 3.15. The number of aromatic hydroxyl groups is 1. The lowest BCUT2D eigenvalue weighted by molar-refractivity contribution is 0.434. The van der Waals surface area contributed by atoms with E-state index in [1.165, 1.54) is 18.2 Å². The van der Waals surface area contributed by atoms with Crippen molar-refractivity contribution in [3.8, 4) is 5.75 Å². The predicted octanol–water partition coefficient (Wildman–Crippen LogP) is 0.862. The molecule has 8 nitrogen and oxygen atoms in total. The first-order valence-corrected chi connectivity index (χ1v) is 8.03. The maximum Gasteiger partial charge on any atom is 0.314 e. The highest BCUT2D eigenvalue weighted by Gasteiger charge is 2.18. The van der Waals surface area contributed by atoms with Gasteiger partial charge in [0.25, 0.3) is 10.0 Å². The number of phenols is 1. The number of aromatic nitrogens is 2. The van der Waals surface area contributed by atoms with Crippen LogP contribution in [-0.2, 0) is 10.0 Å². The Hall–Kier alpha value is -3.14. The highest BCUT2D eigenvalue weighted by atomic mass is 32.2. The first kappa shape index (κ1) is 15.7. The summed E-state index contributed by atoms with van der Waals surface area (Å²) in [6.45, 7) is 0. The largest absolute Gasteiger partial charge is 0.505 e. The molecule has 0 fully saturated rings. The number of sulfonamides is 1. The maximum absolute atomic E-state index is 13.7. The highest BCUT2D eigenvalue weighted by molar-refractivity contribution is 7.92. The number of anilines is 1. The number of rotatable bonds is 3. The first-order valence-electron chi connectivity index (χ1n) is 6.54. The van der Waals surface area contributed by atoms with Crippen molar-refractivity contribution >= 4 is 26.7 Å². The van der Waals surface area contributed by atoms with Crippen LogP contribution in [0.1, 0.15) is 0 Å². The van der Waals surface area contributed by atoms with Crippen molar-refractivity contribution in [1.82, 2.24) is 9.97 Å². The quantitative estimate of drug-likeness (QED) is 0.520. The van der Waals surface area contributed by atoms with Gasteiger partial charge in [-0.3, -0.25) is 14.3 Å². The van der Waals surface area contributed by atoms with Crippen LogP contribution in [0, 0.1) is 5.82 Å². The average Bonchev–Trinajstić information content (AvgIpc) is 2.52. The van der Waals surface area contributed by atoms with Crippen molar-refractivity contribution in [3.63, 3.8) is 0 Å². The summed E-state index contributed by atoms with van der Waals surface area (Å²) >= 11 is 0. The van der Waals surface area contributed by atoms with Gasteiger partial charge >= 0.3 is 11.1 Å². The van der Waals surface area contributed by atoms with Gasteiger partial charge in [0, 0.05) is 0 Å². The topological polar surface area (TPSA) is 132 Å². The molecule has 0 atom stereocenters. The summed E-state index contributed by atoms with van der Waals surface area (Å²) in [5.41, 5.74) is -1.88. The predicted molar refractivity (Wildman–Crippen MR) is 84.1 cm³/mol. The molecule has 0 spiro atoms. The van der Waals surface area contributed by atoms with E-state index in [-0.39, 0.29) is 15.9 Å². The lowest BCUT2D eigenvalue weighted by Gasteiger charge is -2.10. The second-order valence-electron chi connectivity index (χ2n) is 4.86. The monoisotopic (exact) mass is 351 g/mol. The molecular weight excluding hydrogens is 341 g/mol. The van der Waals surface area contributed by atoms with Gasteiger partial charge in [0.2, 0.25) is 0 Å². The van der Waals surface area contributed by atoms with Gasteiger partial charge in [0.15, 0.2) is 11.6 Å². The summed E-state index contributed by atoms with van der Waals surface area (Å²) in [7, 11) is -4.18. The van der Waals surface area contributed by atoms with E-state index in [4.69, 9.17) is 0 Å². The molecule has 0 bridgehead atoms. The van der Waals surface area contributed by atoms with Gasteiger partial charge in [-0.1, -0.05) is 6.07 Å². The fraction of sp³-hybridized carbons (Fsp3) is 0. The lowest BCUT2D eigenvalue weighted by atomic mass is 10.3. The highest BCUT2D eigenvalue weighted by Crippen LogP contribution is 2.25. The van der Waals surface area contributed by atoms with Crippen LogP contribution in [0.25, 0.3) is 11.0 Å². The van der Waals surface area contributed by atoms with Crippen molar-refractivity contribution < 1.29 is 17.9 Å². The molecule has 0 saturated carbocycles. The zero-order valence-corrected chi connectivity index (χ0v) is 12.6. The van der Waals surface area contributed by atoms with Crippen molar-refractivity contribution in [2.45, 2.75) is 4.90 Å². The molecule has 3 aromatic rings. The zero-order valence-electron chi connectivity index (χ0n) is 11.8. The molecule has 1 aromatic heterocycles. The Kier molecular flexibility index (Phi) is 3.60. The number of benzene rings is 2.